The molecule has 3 aromatic carbocycles. The van der Waals surface area contributed by atoms with Crippen molar-refractivity contribution in [2.75, 3.05) is 6.61 Å². The molecule has 176 valence electrons. The molecule has 6 nitrogen and oxygen atoms in total. The summed E-state index contributed by atoms with van der Waals surface area (Å²) in [6.45, 7) is 2.74. The molecule has 0 N–H and O–H groups in total. The van der Waals surface area contributed by atoms with E-state index in [2.05, 4.69) is 22.0 Å². The first kappa shape index (κ1) is 24.6. The van der Waals surface area contributed by atoms with Crippen LogP contribution in [0.25, 0.3) is 6.08 Å². The highest BCUT2D eigenvalue weighted by molar-refractivity contribution is 9.10. The van der Waals surface area contributed by atoms with E-state index in [0.717, 1.165) is 22.2 Å². The predicted octanol–water partition coefficient (Wildman–Crippen LogP) is 6.53. The quantitative estimate of drug-likeness (QED) is 0.297. The number of hydrogen-bond acceptors (Lipinski definition) is 6. The molecule has 4 rings (SSSR count). The van der Waals surface area contributed by atoms with Gasteiger partial charge in [-0.3, -0.25) is 14.5 Å². The van der Waals surface area contributed by atoms with Crippen LogP contribution in [0.2, 0.25) is 0 Å². The largest absolute Gasteiger partial charge is 0.490 e. The Bertz CT molecular complexity index is 1330. The summed E-state index contributed by atoms with van der Waals surface area (Å²) in [6, 6.07) is 22.4. The van der Waals surface area contributed by atoms with E-state index in [9.17, 15) is 14.9 Å². The van der Waals surface area contributed by atoms with Crippen LogP contribution >= 0.6 is 27.7 Å². The lowest BCUT2D eigenvalue weighted by molar-refractivity contribution is -0.123. The number of thioether (sulfide) groups is 1. The van der Waals surface area contributed by atoms with Crippen molar-refractivity contribution in [1.82, 2.24) is 4.90 Å². The number of rotatable bonds is 8. The second-order valence-electron chi connectivity index (χ2n) is 7.57. The molecule has 1 saturated heterocycles. The molecule has 1 heterocycles. The maximum Gasteiger partial charge on any atom is 0.293 e. The maximum absolute atomic E-state index is 13.0. The summed E-state index contributed by atoms with van der Waals surface area (Å²) in [7, 11) is 0. The summed E-state index contributed by atoms with van der Waals surface area (Å²) in [5.41, 5.74) is 2.78. The number of amides is 2. The van der Waals surface area contributed by atoms with E-state index in [1.165, 1.54) is 0 Å². The number of hydrogen-bond donors (Lipinski definition) is 0. The number of carbonyl (C=O) groups excluding carboxylic acids is 2. The van der Waals surface area contributed by atoms with Gasteiger partial charge in [-0.25, -0.2) is 0 Å². The monoisotopic (exact) mass is 548 g/mol. The number of carbonyl (C=O) groups is 2. The van der Waals surface area contributed by atoms with Crippen LogP contribution < -0.4 is 9.47 Å². The standard InChI is InChI=1S/C27H21BrN2O4S/c1-2-33-23-13-19(12-22(28)25(23)34-17-18-8-4-3-5-9-18)14-24-26(31)30(27(32)35-24)16-21-11-7-6-10-20(21)15-29/h3-14H,2,16-17H2,1H3/b24-14+. The van der Waals surface area contributed by atoms with Gasteiger partial charge in [-0.1, -0.05) is 48.5 Å². The summed E-state index contributed by atoms with van der Waals surface area (Å²) in [5.74, 6) is 0.700. The zero-order valence-corrected chi connectivity index (χ0v) is 21.3. The van der Waals surface area contributed by atoms with Gasteiger partial charge in [0.15, 0.2) is 11.5 Å². The average Bonchev–Trinajstić information content (AvgIpc) is 3.12. The van der Waals surface area contributed by atoms with Gasteiger partial charge in [0.2, 0.25) is 0 Å². The maximum atomic E-state index is 13.0. The van der Waals surface area contributed by atoms with Gasteiger partial charge in [0, 0.05) is 0 Å². The molecule has 8 heteroatoms. The van der Waals surface area contributed by atoms with Crippen LogP contribution in [0.3, 0.4) is 0 Å². The van der Waals surface area contributed by atoms with Crippen molar-refractivity contribution in [3.63, 3.8) is 0 Å². The Morgan fingerprint density at radius 1 is 1.06 bits per heavy atom. The van der Waals surface area contributed by atoms with E-state index < -0.39 is 5.91 Å². The SMILES string of the molecule is CCOc1cc(/C=C2/SC(=O)N(Cc3ccccc3C#N)C2=O)cc(Br)c1OCc1ccccc1. The Morgan fingerprint density at radius 2 is 1.80 bits per heavy atom. The molecule has 0 spiro atoms. The highest BCUT2D eigenvalue weighted by Gasteiger charge is 2.35. The number of ether oxygens (including phenoxy) is 2. The van der Waals surface area contributed by atoms with Crippen molar-refractivity contribution < 1.29 is 19.1 Å². The van der Waals surface area contributed by atoms with Crippen LogP contribution in [0.1, 0.15) is 29.2 Å². The fourth-order valence-electron chi connectivity index (χ4n) is 3.53. The average molecular weight is 549 g/mol. The van der Waals surface area contributed by atoms with Crippen molar-refractivity contribution in [2.24, 2.45) is 0 Å². The smallest absolute Gasteiger partial charge is 0.293 e. The van der Waals surface area contributed by atoms with Crippen molar-refractivity contribution in [3.8, 4) is 17.6 Å². The zero-order chi connectivity index (χ0) is 24.8. The second-order valence-corrected chi connectivity index (χ2v) is 9.42. The van der Waals surface area contributed by atoms with Gasteiger partial charge in [0.05, 0.1) is 34.2 Å². The lowest BCUT2D eigenvalue weighted by Crippen LogP contribution is -2.27. The summed E-state index contributed by atoms with van der Waals surface area (Å²) in [5, 5.41) is 8.94. The fourth-order valence-corrected chi connectivity index (χ4v) is 4.94. The first-order valence-corrected chi connectivity index (χ1v) is 12.5. The highest BCUT2D eigenvalue weighted by Crippen LogP contribution is 2.40. The zero-order valence-electron chi connectivity index (χ0n) is 18.9. The third-order valence-corrected chi connectivity index (χ3v) is 6.69. The number of benzene rings is 3. The summed E-state index contributed by atoms with van der Waals surface area (Å²) in [4.78, 5) is 27.1. The van der Waals surface area contributed by atoms with Crippen LogP contribution in [0.4, 0.5) is 4.79 Å². The lowest BCUT2D eigenvalue weighted by Gasteiger charge is -2.15. The molecule has 0 unspecified atom stereocenters. The molecule has 0 bridgehead atoms. The molecule has 35 heavy (non-hydrogen) atoms. The Kier molecular flexibility index (Phi) is 7.91. The highest BCUT2D eigenvalue weighted by atomic mass is 79.9. The summed E-state index contributed by atoms with van der Waals surface area (Å²) >= 11 is 4.43. The molecule has 3 aromatic rings. The number of nitrogens with zero attached hydrogens (tertiary/aromatic N) is 2. The van der Waals surface area contributed by atoms with Gasteiger partial charge in [0.1, 0.15) is 6.61 Å². The molecule has 0 aromatic heterocycles. The van der Waals surface area contributed by atoms with Crippen LogP contribution in [0, 0.1) is 11.3 Å². The van der Waals surface area contributed by atoms with E-state index in [1.807, 2.05) is 43.3 Å². The topological polar surface area (TPSA) is 79.6 Å². The minimum absolute atomic E-state index is 0.0475. The van der Waals surface area contributed by atoms with Crippen LogP contribution in [-0.4, -0.2) is 22.7 Å². The van der Waals surface area contributed by atoms with Crippen molar-refractivity contribution >= 4 is 44.9 Å². The van der Waals surface area contributed by atoms with Gasteiger partial charge in [-0.2, -0.15) is 5.26 Å². The third kappa shape index (κ3) is 5.76. The first-order chi connectivity index (χ1) is 17.0. The summed E-state index contributed by atoms with van der Waals surface area (Å²) in [6.07, 6.45) is 1.66. The lowest BCUT2D eigenvalue weighted by atomic mass is 10.1. The Morgan fingerprint density at radius 3 is 2.54 bits per heavy atom. The van der Waals surface area contributed by atoms with E-state index in [4.69, 9.17) is 9.47 Å². The van der Waals surface area contributed by atoms with Crippen molar-refractivity contribution in [2.45, 2.75) is 20.1 Å². The van der Waals surface area contributed by atoms with Crippen LogP contribution in [0.5, 0.6) is 11.5 Å². The van der Waals surface area contributed by atoms with Crippen LogP contribution in [-0.2, 0) is 17.9 Å². The molecule has 0 radical (unpaired) electrons. The fraction of sp³-hybridized carbons (Fsp3) is 0.148. The van der Waals surface area contributed by atoms with Crippen molar-refractivity contribution in [3.05, 3.63) is 98.4 Å². The van der Waals surface area contributed by atoms with Gasteiger partial charge in [-0.15, -0.1) is 0 Å². The molecule has 0 saturated carbocycles. The minimum Gasteiger partial charge on any atom is -0.490 e. The number of imide groups is 1. The molecule has 1 aliphatic rings. The normalized spacial score (nSPS) is 14.3. The number of halogens is 1. The molecule has 0 aliphatic carbocycles. The predicted molar refractivity (Wildman–Crippen MR) is 139 cm³/mol. The van der Waals surface area contributed by atoms with Gasteiger partial charge >= 0.3 is 0 Å². The van der Waals surface area contributed by atoms with E-state index in [-0.39, 0.29) is 11.8 Å². The molecule has 1 fully saturated rings. The Labute approximate surface area is 216 Å². The minimum atomic E-state index is -0.397. The Hall–Kier alpha value is -3.54. The van der Waals surface area contributed by atoms with E-state index >= 15 is 0 Å². The van der Waals surface area contributed by atoms with E-state index in [1.54, 1.807) is 36.4 Å². The third-order valence-electron chi connectivity index (χ3n) is 5.20. The number of nitriles is 1. The van der Waals surface area contributed by atoms with Crippen LogP contribution in [0.15, 0.2) is 76.1 Å². The van der Waals surface area contributed by atoms with Crippen molar-refractivity contribution in [1.29, 1.82) is 5.26 Å². The second kappa shape index (κ2) is 11.3. The Balaban J connectivity index is 1.57. The molecular weight excluding hydrogens is 528 g/mol. The summed E-state index contributed by atoms with van der Waals surface area (Å²) < 4.78 is 12.5. The van der Waals surface area contributed by atoms with Gasteiger partial charge < -0.3 is 9.47 Å². The molecule has 0 atom stereocenters. The molecule has 1 aliphatic heterocycles. The molecule has 2 amide bonds. The molecular formula is C27H21BrN2O4S. The van der Waals surface area contributed by atoms with Gasteiger partial charge in [0.25, 0.3) is 11.1 Å². The van der Waals surface area contributed by atoms with Gasteiger partial charge in [-0.05, 0) is 75.6 Å². The van der Waals surface area contributed by atoms with E-state index in [0.29, 0.717) is 50.8 Å². The first-order valence-electron chi connectivity index (χ1n) is 10.9.